The third-order valence-electron chi connectivity index (χ3n) is 4.21. The Morgan fingerprint density at radius 1 is 1.15 bits per heavy atom. The molecule has 8 heteroatoms. The second-order valence-corrected chi connectivity index (χ2v) is 7.80. The summed E-state index contributed by atoms with van der Waals surface area (Å²) >= 11 is 0. The molecule has 0 unspecified atom stereocenters. The lowest BCUT2D eigenvalue weighted by Crippen LogP contribution is -2.45. The second-order valence-electron chi connectivity index (χ2n) is 5.98. The number of hydrogen-bond acceptors (Lipinski definition) is 5. The van der Waals surface area contributed by atoms with Crippen molar-refractivity contribution in [1.29, 1.82) is 0 Å². The van der Waals surface area contributed by atoms with Crippen LogP contribution in [0.2, 0.25) is 0 Å². The molecule has 0 radical (unpaired) electrons. The van der Waals surface area contributed by atoms with Gasteiger partial charge in [-0.05, 0) is 37.6 Å². The maximum Gasteiger partial charge on any atom is 0.267 e. The highest BCUT2D eigenvalue weighted by molar-refractivity contribution is 7.89. The Bertz CT molecular complexity index is 944. The molecule has 1 aliphatic rings. The van der Waals surface area contributed by atoms with E-state index in [0.29, 0.717) is 22.3 Å². The first-order chi connectivity index (χ1) is 12.9. The van der Waals surface area contributed by atoms with Crippen molar-refractivity contribution in [3.8, 4) is 5.75 Å². The van der Waals surface area contributed by atoms with Gasteiger partial charge in [0.15, 0.2) is 0 Å². The molecule has 7 nitrogen and oxygen atoms in total. The van der Waals surface area contributed by atoms with Crippen molar-refractivity contribution in [3.05, 3.63) is 54.6 Å². The van der Waals surface area contributed by atoms with Gasteiger partial charge in [0, 0.05) is 6.42 Å². The fourth-order valence-electron chi connectivity index (χ4n) is 2.97. The lowest BCUT2D eigenvalue weighted by atomic mass is 10.2. The van der Waals surface area contributed by atoms with Gasteiger partial charge in [-0.25, -0.2) is 12.7 Å². The predicted octanol–water partition coefficient (Wildman–Crippen LogP) is 2.40. The lowest BCUT2D eigenvalue weighted by Gasteiger charge is -2.24. The van der Waals surface area contributed by atoms with Gasteiger partial charge in [0.25, 0.3) is 10.0 Å². The van der Waals surface area contributed by atoms with Gasteiger partial charge in [0.2, 0.25) is 11.8 Å². The average Bonchev–Trinajstić information content (AvgIpc) is 3.07. The van der Waals surface area contributed by atoms with Crippen LogP contribution in [0.5, 0.6) is 5.75 Å². The molecule has 0 saturated carbocycles. The van der Waals surface area contributed by atoms with E-state index in [-0.39, 0.29) is 17.7 Å². The molecule has 1 fully saturated rings. The number of hydrogen-bond donors (Lipinski definition) is 1. The first-order valence-electron chi connectivity index (χ1n) is 8.60. The fraction of sp³-hybridized carbons (Fsp3) is 0.263. The second kappa shape index (κ2) is 7.79. The zero-order chi connectivity index (χ0) is 19.4. The molecule has 2 aromatic rings. The summed E-state index contributed by atoms with van der Waals surface area (Å²) in [6.45, 7) is 2.24. The number of nitrogens with zero attached hydrogens (tertiary/aromatic N) is 1. The van der Waals surface area contributed by atoms with Gasteiger partial charge >= 0.3 is 0 Å². The highest BCUT2D eigenvalue weighted by Gasteiger charge is 2.44. The third kappa shape index (κ3) is 3.80. The quantitative estimate of drug-likeness (QED) is 0.820. The number of amides is 2. The molecular weight excluding hydrogens is 368 g/mol. The van der Waals surface area contributed by atoms with E-state index in [4.69, 9.17) is 4.74 Å². The number of carbonyl (C=O) groups excluding carboxylic acids is 2. The van der Waals surface area contributed by atoms with E-state index in [1.807, 2.05) is 6.92 Å². The summed E-state index contributed by atoms with van der Waals surface area (Å²) in [6, 6.07) is 13.4. The highest BCUT2D eigenvalue weighted by Crippen LogP contribution is 2.30. The summed E-state index contributed by atoms with van der Waals surface area (Å²) in [6.07, 6.45) is 0.130. The first-order valence-corrected chi connectivity index (χ1v) is 10.0. The minimum atomic E-state index is -4.10. The van der Waals surface area contributed by atoms with Gasteiger partial charge < -0.3 is 10.1 Å². The number of benzene rings is 2. The number of ether oxygens (including phenoxy) is 1. The zero-order valence-electron chi connectivity index (χ0n) is 14.8. The summed E-state index contributed by atoms with van der Waals surface area (Å²) in [5.74, 6) is -0.667. The van der Waals surface area contributed by atoms with Gasteiger partial charge in [-0.3, -0.25) is 9.59 Å². The van der Waals surface area contributed by atoms with Crippen LogP contribution in [0.25, 0.3) is 0 Å². The van der Waals surface area contributed by atoms with E-state index in [2.05, 4.69) is 5.32 Å². The Hall–Kier alpha value is -2.87. The normalized spacial score (nSPS) is 17.0. The number of sulfonamides is 1. The van der Waals surface area contributed by atoms with E-state index < -0.39 is 27.9 Å². The van der Waals surface area contributed by atoms with Crippen LogP contribution in [-0.4, -0.2) is 37.2 Å². The molecule has 1 saturated heterocycles. The van der Waals surface area contributed by atoms with Gasteiger partial charge in [-0.2, -0.15) is 0 Å². The average molecular weight is 388 g/mol. The SMILES string of the molecule is CCOc1ccccc1NC(=O)[C@@H]1CCC(=O)N1S(=O)(=O)c1ccccc1. The topological polar surface area (TPSA) is 92.8 Å². The van der Waals surface area contributed by atoms with Crippen LogP contribution in [0.15, 0.2) is 59.5 Å². The maximum atomic E-state index is 12.9. The summed E-state index contributed by atoms with van der Waals surface area (Å²) in [4.78, 5) is 25.0. The Morgan fingerprint density at radius 2 is 1.81 bits per heavy atom. The minimum Gasteiger partial charge on any atom is -0.492 e. The van der Waals surface area contributed by atoms with Crippen molar-refractivity contribution in [2.45, 2.75) is 30.7 Å². The monoisotopic (exact) mass is 388 g/mol. The molecule has 1 heterocycles. The van der Waals surface area contributed by atoms with E-state index in [0.717, 1.165) is 0 Å². The molecule has 0 spiro atoms. The highest BCUT2D eigenvalue weighted by atomic mass is 32.2. The molecule has 0 bridgehead atoms. The Balaban J connectivity index is 1.87. The van der Waals surface area contributed by atoms with Gasteiger partial charge in [-0.1, -0.05) is 30.3 Å². The summed E-state index contributed by atoms with van der Waals surface area (Å²) in [7, 11) is -4.10. The molecule has 3 rings (SSSR count). The van der Waals surface area contributed by atoms with Crippen LogP contribution in [0.1, 0.15) is 19.8 Å². The molecule has 1 atom stereocenters. The smallest absolute Gasteiger partial charge is 0.267 e. The van der Waals surface area contributed by atoms with Crippen molar-refractivity contribution in [3.63, 3.8) is 0 Å². The van der Waals surface area contributed by atoms with Gasteiger partial charge in [-0.15, -0.1) is 0 Å². The molecule has 2 aromatic carbocycles. The Labute approximate surface area is 158 Å². The van der Waals surface area contributed by atoms with Crippen molar-refractivity contribution < 1.29 is 22.7 Å². The largest absolute Gasteiger partial charge is 0.492 e. The van der Waals surface area contributed by atoms with Crippen molar-refractivity contribution in [1.82, 2.24) is 4.31 Å². The molecule has 1 aliphatic heterocycles. The molecule has 1 N–H and O–H groups in total. The van der Waals surface area contributed by atoms with Crippen LogP contribution in [0.4, 0.5) is 5.69 Å². The number of nitrogens with one attached hydrogen (secondary N) is 1. The van der Waals surface area contributed by atoms with Crippen LogP contribution >= 0.6 is 0 Å². The van der Waals surface area contributed by atoms with Gasteiger partial charge in [0.1, 0.15) is 11.8 Å². The number of carbonyl (C=O) groups is 2. The maximum absolute atomic E-state index is 12.9. The van der Waals surface area contributed by atoms with E-state index in [1.165, 1.54) is 12.1 Å². The summed E-state index contributed by atoms with van der Waals surface area (Å²) < 4.78 is 31.9. The molecule has 142 valence electrons. The molecular formula is C19H20N2O5S. The van der Waals surface area contributed by atoms with Crippen LogP contribution in [-0.2, 0) is 19.6 Å². The fourth-order valence-corrected chi connectivity index (χ4v) is 4.60. The van der Waals surface area contributed by atoms with E-state index in [1.54, 1.807) is 42.5 Å². The summed E-state index contributed by atoms with van der Waals surface area (Å²) in [5, 5.41) is 2.69. The van der Waals surface area contributed by atoms with Crippen molar-refractivity contribution in [2.24, 2.45) is 0 Å². The van der Waals surface area contributed by atoms with Crippen molar-refractivity contribution >= 4 is 27.5 Å². The molecule has 2 amide bonds. The lowest BCUT2D eigenvalue weighted by molar-refractivity contribution is -0.128. The number of rotatable bonds is 6. The number of anilines is 1. The molecule has 0 aromatic heterocycles. The van der Waals surface area contributed by atoms with Crippen LogP contribution in [0.3, 0.4) is 0 Å². The Kier molecular flexibility index (Phi) is 5.46. The van der Waals surface area contributed by atoms with Crippen LogP contribution < -0.4 is 10.1 Å². The first kappa shape index (κ1) is 18.9. The van der Waals surface area contributed by atoms with Gasteiger partial charge in [0.05, 0.1) is 17.2 Å². The molecule has 0 aliphatic carbocycles. The predicted molar refractivity (Wildman–Crippen MR) is 99.7 cm³/mol. The van der Waals surface area contributed by atoms with Crippen molar-refractivity contribution in [2.75, 3.05) is 11.9 Å². The standard InChI is InChI=1S/C19H20N2O5S/c1-2-26-17-11-7-6-10-15(17)20-19(23)16-12-13-18(22)21(16)27(24,25)14-8-4-3-5-9-14/h3-11,16H,2,12-13H2,1H3,(H,20,23)/t16-/m0/s1. The van der Waals surface area contributed by atoms with E-state index >= 15 is 0 Å². The van der Waals surface area contributed by atoms with Crippen LogP contribution in [0, 0.1) is 0 Å². The Morgan fingerprint density at radius 3 is 2.52 bits per heavy atom. The molecule has 27 heavy (non-hydrogen) atoms. The number of para-hydroxylation sites is 2. The van der Waals surface area contributed by atoms with E-state index in [9.17, 15) is 18.0 Å². The minimum absolute atomic E-state index is 0.00272. The zero-order valence-corrected chi connectivity index (χ0v) is 15.6. The summed E-state index contributed by atoms with van der Waals surface area (Å²) in [5.41, 5.74) is 0.431. The third-order valence-corrected chi connectivity index (χ3v) is 6.05.